The number of hydrogen-bond donors (Lipinski definition) is 4. The molecule has 0 unspecified atom stereocenters. The van der Waals surface area contributed by atoms with Crippen LogP contribution in [0, 0.1) is 23.6 Å². The van der Waals surface area contributed by atoms with Crippen molar-refractivity contribution in [1.82, 2.24) is 20.5 Å². The lowest BCUT2D eigenvalue weighted by atomic mass is 9.89. The largest absolute Gasteiger partial charge is 0.386 e. The molecule has 1 aromatic rings. The van der Waals surface area contributed by atoms with Gasteiger partial charge in [0, 0.05) is 0 Å². The zero-order chi connectivity index (χ0) is 22.9. The van der Waals surface area contributed by atoms with Crippen molar-refractivity contribution < 1.29 is 24.3 Å². The Labute approximate surface area is 190 Å². The van der Waals surface area contributed by atoms with E-state index in [-0.39, 0.29) is 48.9 Å². The molecule has 12 heteroatoms. The topological polar surface area (TPSA) is 131 Å². The number of hydroxylamine groups is 2. The molecule has 2 aliphatic carbocycles. The summed E-state index contributed by atoms with van der Waals surface area (Å²) in [4.78, 5) is 32.9. The zero-order valence-corrected chi connectivity index (χ0v) is 18.4. The maximum absolute atomic E-state index is 15.0. The standard InChI is InChI=1S/C20H28ClFN6O4/c21-19-23-16(15(22)17(24-19)27-9-20(31,10-27)14-5-6-14)25-26-18(30)13(8-28(32)11-29)7-12-3-1-2-4-12/h11-14,31-32H,1-10H2,(H,26,30)(H,23,24,25)/t13-/m1/s1. The summed E-state index contributed by atoms with van der Waals surface area (Å²) in [6.07, 6.45) is 6.85. The molecule has 0 radical (unpaired) electrons. The molecule has 32 heavy (non-hydrogen) atoms. The number of hydrazine groups is 1. The molecule has 1 aliphatic heterocycles. The van der Waals surface area contributed by atoms with Crippen LogP contribution in [0.3, 0.4) is 0 Å². The highest BCUT2D eigenvalue weighted by atomic mass is 35.5. The molecule has 10 nitrogen and oxygen atoms in total. The van der Waals surface area contributed by atoms with Gasteiger partial charge in [-0.25, -0.2) is 5.06 Å². The summed E-state index contributed by atoms with van der Waals surface area (Å²) in [6, 6.07) is 0. The van der Waals surface area contributed by atoms with Gasteiger partial charge >= 0.3 is 0 Å². The normalized spacial score (nSPS) is 21.1. The third-order valence-electron chi connectivity index (χ3n) is 6.67. The Bertz CT molecular complexity index is 861. The molecule has 176 valence electrons. The monoisotopic (exact) mass is 470 g/mol. The van der Waals surface area contributed by atoms with Crippen molar-refractivity contribution in [3.63, 3.8) is 0 Å². The average Bonchev–Trinajstić information content (AvgIpc) is 3.48. The third-order valence-corrected chi connectivity index (χ3v) is 6.84. The average molecular weight is 471 g/mol. The Hall–Kier alpha value is -2.24. The molecular formula is C20H28ClFN6O4. The predicted molar refractivity (Wildman–Crippen MR) is 113 cm³/mol. The van der Waals surface area contributed by atoms with Crippen molar-refractivity contribution in [3.8, 4) is 0 Å². The van der Waals surface area contributed by atoms with E-state index >= 15 is 4.39 Å². The number of β-amino-alcohol motifs (C(OH)–C–C–N with tert-alkyl or cyclic N) is 1. The van der Waals surface area contributed by atoms with Crippen molar-refractivity contribution in [1.29, 1.82) is 0 Å². The summed E-state index contributed by atoms with van der Waals surface area (Å²) in [7, 11) is 0. The van der Waals surface area contributed by atoms with E-state index in [9.17, 15) is 19.9 Å². The molecular weight excluding hydrogens is 443 g/mol. The van der Waals surface area contributed by atoms with Crippen LogP contribution in [0.15, 0.2) is 0 Å². The maximum atomic E-state index is 15.0. The van der Waals surface area contributed by atoms with Crippen molar-refractivity contribution in [2.75, 3.05) is 30.0 Å². The summed E-state index contributed by atoms with van der Waals surface area (Å²) in [6.45, 7) is 0.351. The molecule has 1 atom stereocenters. The Morgan fingerprint density at radius 3 is 2.62 bits per heavy atom. The zero-order valence-electron chi connectivity index (χ0n) is 17.6. The molecule has 4 N–H and O–H groups in total. The summed E-state index contributed by atoms with van der Waals surface area (Å²) in [5.41, 5.74) is 4.05. The predicted octanol–water partition coefficient (Wildman–Crippen LogP) is 1.72. The minimum atomic E-state index is -0.826. The fraction of sp³-hybridized carbons (Fsp3) is 0.700. The van der Waals surface area contributed by atoms with E-state index in [1.165, 1.54) is 0 Å². The van der Waals surface area contributed by atoms with Crippen molar-refractivity contribution in [3.05, 3.63) is 11.1 Å². The van der Waals surface area contributed by atoms with Gasteiger partial charge in [0.2, 0.25) is 23.4 Å². The second-order valence-electron chi connectivity index (χ2n) is 9.14. The second kappa shape index (κ2) is 9.32. The number of anilines is 2. The van der Waals surface area contributed by atoms with Gasteiger partial charge in [0.25, 0.3) is 0 Å². The van der Waals surface area contributed by atoms with Gasteiger partial charge in [-0.15, -0.1) is 0 Å². The van der Waals surface area contributed by atoms with Crippen LogP contribution in [0.1, 0.15) is 44.9 Å². The molecule has 2 amide bonds. The van der Waals surface area contributed by atoms with Gasteiger partial charge in [0.15, 0.2) is 11.6 Å². The molecule has 0 spiro atoms. The van der Waals surface area contributed by atoms with E-state index in [1.54, 1.807) is 4.90 Å². The quantitative estimate of drug-likeness (QED) is 0.176. The highest BCUT2D eigenvalue weighted by Crippen LogP contribution is 2.46. The molecule has 0 aromatic carbocycles. The van der Waals surface area contributed by atoms with Crippen molar-refractivity contribution in [2.24, 2.45) is 17.8 Å². The Morgan fingerprint density at radius 2 is 2.00 bits per heavy atom. The van der Waals surface area contributed by atoms with Crippen molar-refractivity contribution in [2.45, 2.75) is 50.5 Å². The number of halogens is 2. The summed E-state index contributed by atoms with van der Waals surface area (Å²) < 4.78 is 15.0. The number of rotatable bonds is 10. The molecule has 2 saturated carbocycles. The Balaban J connectivity index is 1.40. The number of aromatic nitrogens is 2. The second-order valence-corrected chi connectivity index (χ2v) is 9.48. The summed E-state index contributed by atoms with van der Waals surface area (Å²) in [5, 5.41) is 20.3. The third kappa shape index (κ3) is 5.05. The molecule has 1 aromatic heterocycles. The van der Waals surface area contributed by atoms with Crippen LogP contribution in [-0.4, -0.2) is 62.9 Å². The number of carbonyl (C=O) groups excluding carboxylic acids is 2. The summed E-state index contributed by atoms with van der Waals surface area (Å²) >= 11 is 5.96. The lowest BCUT2D eigenvalue weighted by molar-refractivity contribution is -0.154. The van der Waals surface area contributed by atoms with E-state index in [1.807, 2.05) is 0 Å². The smallest absolute Gasteiger partial charge is 0.243 e. The van der Waals surface area contributed by atoms with Gasteiger partial charge in [-0.2, -0.15) is 14.4 Å². The van der Waals surface area contributed by atoms with Crippen LogP contribution < -0.4 is 15.8 Å². The molecule has 4 rings (SSSR count). The van der Waals surface area contributed by atoms with E-state index in [0.717, 1.165) is 38.5 Å². The van der Waals surface area contributed by atoms with Crippen LogP contribution in [0.2, 0.25) is 5.28 Å². The molecule has 3 fully saturated rings. The first-order valence-corrected chi connectivity index (χ1v) is 11.3. The lowest BCUT2D eigenvalue weighted by Gasteiger charge is -2.47. The maximum Gasteiger partial charge on any atom is 0.243 e. The number of amides is 2. The van der Waals surface area contributed by atoms with Crippen LogP contribution in [0.4, 0.5) is 16.0 Å². The summed E-state index contributed by atoms with van der Waals surface area (Å²) in [5.74, 6) is -1.74. The number of hydrogen-bond acceptors (Lipinski definition) is 8. The minimum Gasteiger partial charge on any atom is -0.386 e. The first-order valence-electron chi connectivity index (χ1n) is 11.0. The molecule has 1 saturated heterocycles. The highest BCUT2D eigenvalue weighted by Gasteiger charge is 2.53. The Kier molecular flexibility index (Phi) is 6.68. The highest BCUT2D eigenvalue weighted by molar-refractivity contribution is 6.28. The lowest BCUT2D eigenvalue weighted by Crippen LogP contribution is -2.63. The Morgan fingerprint density at radius 1 is 1.31 bits per heavy atom. The van der Waals surface area contributed by atoms with Crippen molar-refractivity contribution >= 4 is 35.6 Å². The van der Waals surface area contributed by atoms with Crippen LogP contribution in [0.5, 0.6) is 0 Å². The van der Waals surface area contributed by atoms with Crippen LogP contribution in [0.25, 0.3) is 0 Å². The van der Waals surface area contributed by atoms with E-state index in [2.05, 4.69) is 20.8 Å². The number of nitrogens with zero attached hydrogens (tertiary/aromatic N) is 4. The van der Waals surface area contributed by atoms with Gasteiger partial charge in [0.1, 0.15) is 5.60 Å². The van der Waals surface area contributed by atoms with Gasteiger partial charge in [-0.05, 0) is 42.7 Å². The van der Waals surface area contributed by atoms with Gasteiger partial charge in [0.05, 0.1) is 25.6 Å². The minimum absolute atomic E-state index is 0.0444. The van der Waals surface area contributed by atoms with E-state index < -0.39 is 23.2 Å². The van der Waals surface area contributed by atoms with Gasteiger partial charge in [-0.1, -0.05) is 25.7 Å². The van der Waals surface area contributed by atoms with Gasteiger partial charge < -0.3 is 10.0 Å². The number of aliphatic hydroxyl groups is 1. The molecule has 2 heterocycles. The SMILES string of the molecule is O=CN(O)C[C@@H](CC1CCCC1)C(=O)NNc1nc(Cl)nc(N2CC(O)(C3CC3)C2)c1F. The fourth-order valence-corrected chi connectivity index (χ4v) is 4.91. The van der Waals surface area contributed by atoms with E-state index in [4.69, 9.17) is 11.6 Å². The van der Waals surface area contributed by atoms with Gasteiger partial charge in [-0.3, -0.25) is 25.6 Å². The fourth-order valence-electron chi connectivity index (χ4n) is 4.75. The van der Waals surface area contributed by atoms with E-state index in [0.29, 0.717) is 17.4 Å². The number of carbonyl (C=O) groups is 2. The number of nitrogens with one attached hydrogen (secondary N) is 2. The molecule has 0 bridgehead atoms. The molecule has 3 aliphatic rings. The van der Waals surface area contributed by atoms with Crippen LogP contribution >= 0.6 is 11.6 Å². The van der Waals surface area contributed by atoms with Crippen LogP contribution in [-0.2, 0) is 9.59 Å². The first-order chi connectivity index (χ1) is 15.3. The first kappa shape index (κ1) is 22.9.